The summed E-state index contributed by atoms with van der Waals surface area (Å²) in [5.74, 6) is 0.522. The first kappa shape index (κ1) is 24.5. The third kappa shape index (κ3) is 6.38. The molecule has 0 aliphatic rings. The van der Waals surface area contributed by atoms with Crippen molar-refractivity contribution >= 4 is 17.6 Å². The Morgan fingerprint density at radius 1 is 0.871 bits per heavy atom. The first-order valence-corrected chi connectivity index (χ1v) is 11.0. The Bertz CT molecular complexity index is 885. The largest absolute Gasteiger partial charge is 0.479 e. The smallest absolute Gasteiger partial charge is 0.206 e. The molecule has 2 rings (SSSR count). The summed E-state index contributed by atoms with van der Waals surface area (Å²) in [7, 11) is 0. The van der Waals surface area contributed by atoms with Crippen LogP contribution in [0.2, 0.25) is 0 Å². The van der Waals surface area contributed by atoms with Gasteiger partial charge in [0.1, 0.15) is 11.4 Å². The summed E-state index contributed by atoms with van der Waals surface area (Å²) >= 11 is 0. The van der Waals surface area contributed by atoms with Gasteiger partial charge in [-0.1, -0.05) is 69.3 Å². The fourth-order valence-corrected chi connectivity index (χ4v) is 3.10. The lowest BCUT2D eigenvalue weighted by molar-refractivity contribution is -0.137. The van der Waals surface area contributed by atoms with Crippen molar-refractivity contribution in [2.24, 2.45) is 0 Å². The zero-order valence-electron chi connectivity index (χ0n) is 19.3. The number of carbonyl (C=O) groups excluding carboxylic acids is 2. The average Bonchev–Trinajstić information content (AvgIpc) is 2.81. The highest BCUT2D eigenvalue weighted by atomic mass is 16.5. The van der Waals surface area contributed by atoms with E-state index < -0.39 is 11.2 Å². The summed E-state index contributed by atoms with van der Waals surface area (Å²) in [5, 5.41) is 0. The molecule has 2 unspecified atom stereocenters. The van der Waals surface area contributed by atoms with E-state index in [2.05, 4.69) is 0 Å². The molecule has 4 heteroatoms. The minimum absolute atomic E-state index is 0.0453. The van der Waals surface area contributed by atoms with Crippen LogP contribution in [0.5, 0.6) is 5.75 Å². The zero-order valence-corrected chi connectivity index (χ0v) is 19.3. The molecule has 0 aliphatic carbocycles. The second-order valence-electron chi connectivity index (χ2n) is 8.08. The number of ether oxygens (including phenoxy) is 2. The lowest BCUT2D eigenvalue weighted by Crippen LogP contribution is -2.41. The molecule has 0 spiro atoms. The minimum atomic E-state index is -0.950. The van der Waals surface area contributed by atoms with Gasteiger partial charge in [0.25, 0.3) is 0 Å². The van der Waals surface area contributed by atoms with Crippen molar-refractivity contribution in [1.82, 2.24) is 0 Å². The minimum Gasteiger partial charge on any atom is -0.479 e. The van der Waals surface area contributed by atoms with Crippen molar-refractivity contribution in [2.45, 2.75) is 65.1 Å². The van der Waals surface area contributed by atoms with Crippen LogP contribution in [0, 0.1) is 0 Å². The molecule has 0 heterocycles. The van der Waals surface area contributed by atoms with E-state index in [0.29, 0.717) is 30.8 Å². The van der Waals surface area contributed by atoms with Crippen molar-refractivity contribution in [3.05, 3.63) is 71.8 Å². The summed E-state index contributed by atoms with van der Waals surface area (Å²) < 4.78 is 11.9. The normalized spacial score (nSPS) is 15.3. The molecule has 4 nitrogen and oxygen atoms in total. The van der Waals surface area contributed by atoms with Gasteiger partial charge in [-0.2, -0.15) is 0 Å². The van der Waals surface area contributed by atoms with Crippen molar-refractivity contribution in [2.75, 3.05) is 6.61 Å². The monoisotopic (exact) mass is 422 g/mol. The van der Waals surface area contributed by atoms with E-state index in [-0.39, 0.29) is 11.6 Å². The Hall–Kier alpha value is -2.72. The summed E-state index contributed by atoms with van der Waals surface area (Å²) in [6, 6.07) is 16.6. The van der Waals surface area contributed by atoms with E-state index in [0.717, 1.165) is 12.0 Å². The van der Waals surface area contributed by atoms with Crippen molar-refractivity contribution in [3.8, 4) is 5.75 Å². The quantitative estimate of drug-likeness (QED) is 0.298. The predicted molar refractivity (Wildman–Crippen MR) is 126 cm³/mol. The SMILES string of the molecule is CCCOC(C)(CC)C(=O)/C=C\c1ccc(OC(C)(CC)C(=O)c2ccccc2)cc1. The summed E-state index contributed by atoms with van der Waals surface area (Å²) in [5.41, 5.74) is -0.235. The molecule has 0 amide bonds. The number of carbonyl (C=O) groups is 2. The van der Waals surface area contributed by atoms with Crippen molar-refractivity contribution in [1.29, 1.82) is 0 Å². The third-order valence-electron chi connectivity index (χ3n) is 5.66. The number of rotatable bonds is 12. The van der Waals surface area contributed by atoms with Crippen LogP contribution in [0.4, 0.5) is 0 Å². The molecule has 31 heavy (non-hydrogen) atoms. The van der Waals surface area contributed by atoms with Crippen LogP contribution in [0.15, 0.2) is 60.7 Å². The molecule has 2 aromatic rings. The van der Waals surface area contributed by atoms with Crippen LogP contribution in [0.1, 0.15) is 69.8 Å². The van der Waals surface area contributed by atoms with Crippen LogP contribution in [-0.2, 0) is 9.53 Å². The Morgan fingerprint density at radius 2 is 1.48 bits per heavy atom. The number of ketones is 2. The Morgan fingerprint density at radius 3 is 2.03 bits per heavy atom. The van der Waals surface area contributed by atoms with E-state index in [9.17, 15) is 9.59 Å². The van der Waals surface area contributed by atoms with Gasteiger partial charge in [-0.25, -0.2) is 0 Å². The molecule has 0 saturated carbocycles. The second kappa shape index (κ2) is 11.1. The Balaban J connectivity index is 2.09. The molecule has 0 aromatic heterocycles. The maximum atomic E-state index is 13.0. The van der Waals surface area contributed by atoms with Gasteiger partial charge in [-0.3, -0.25) is 9.59 Å². The molecule has 0 N–H and O–H groups in total. The molecule has 0 saturated heterocycles. The first-order chi connectivity index (χ1) is 14.8. The molecule has 2 atom stereocenters. The van der Waals surface area contributed by atoms with Crippen LogP contribution in [-0.4, -0.2) is 29.4 Å². The highest BCUT2D eigenvalue weighted by Crippen LogP contribution is 2.26. The Labute approximate surface area is 186 Å². The molecule has 0 fully saturated rings. The van der Waals surface area contributed by atoms with Gasteiger partial charge < -0.3 is 9.47 Å². The number of hydrogen-bond donors (Lipinski definition) is 0. The van der Waals surface area contributed by atoms with Gasteiger partial charge in [0, 0.05) is 12.2 Å². The van der Waals surface area contributed by atoms with E-state index in [4.69, 9.17) is 9.47 Å². The maximum Gasteiger partial charge on any atom is 0.206 e. The average molecular weight is 423 g/mol. The number of benzene rings is 2. The third-order valence-corrected chi connectivity index (χ3v) is 5.66. The maximum absolute atomic E-state index is 13.0. The standard InChI is InChI=1S/C27H34O4/c1-6-20-30-26(4,7-2)24(28)19-16-21-14-17-23(18-15-21)31-27(5,8-3)25(29)22-12-10-9-11-13-22/h9-19H,6-8,20H2,1-5H3/b19-16-. The van der Waals surface area contributed by atoms with Crippen molar-refractivity contribution < 1.29 is 19.1 Å². The van der Waals surface area contributed by atoms with Crippen LogP contribution >= 0.6 is 0 Å². The fourth-order valence-electron chi connectivity index (χ4n) is 3.10. The summed E-state index contributed by atoms with van der Waals surface area (Å²) in [6.45, 7) is 10.1. The van der Waals surface area contributed by atoms with Crippen LogP contribution in [0.3, 0.4) is 0 Å². The number of hydrogen-bond acceptors (Lipinski definition) is 4. The first-order valence-electron chi connectivity index (χ1n) is 11.0. The van der Waals surface area contributed by atoms with Gasteiger partial charge in [0.15, 0.2) is 11.4 Å². The summed E-state index contributed by atoms with van der Waals surface area (Å²) in [6.07, 6.45) is 5.39. The van der Waals surface area contributed by atoms with Crippen LogP contribution in [0.25, 0.3) is 6.08 Å². The van der Waals surface area contributed by atoms with Crippen LogP contribution < -0.4 is 4.74 Å². The van der Waals surface area contributed by atoms with Gasteiger partial charge in [0.2, 0.25) is 5.78 Å². The zero-order chi connectivity index (χ0) is 22.9. The van der Waals surface area contributed by atoms with E-state index in [1.54, 1.807) is 24.3 Å². The van der Waals surface area contributed by atoms with Gasteiger partial charge in [-0.15, -0.1) is 0 Å². The lowest BCUT2D eigenvalue weighted by atomic mass is 9.92. The lowest BCUT2D eigenvalue weighted by Gasteiger charge is -2.28. The Kier molecular flexibility index (Phi) is 8.76. The molecule has 0 bridgehead atoms. The molecular weight excluding hydrogens is 388 g/mol. The highest BCUT2D eigenvalue weighted by Gasteiger charge is 2.34. The fraction of sp³-hybridized carbons (Fsp3) is 0.407. The van der Waals surface area contributed by atoms with E-state index in [1.807, 2.05) is 77.1 Å². The van der Waals surface area contributed by atoms with E-state index in [1.165, 1.54) is 0 Å². The molecule has 2 aromatic carbocycles. The predicted octanol–water partition coefficient (Wildman–Crippen LogP) is 6.29. The molecule has 166 valence electrons. The molecular formula is C27H34O4. The van der Waals surface area contributed by atoms with E-state index >= 15 is 0 Å². The second-order valence-corrected chi connectivity index (χ2v) is 8.08. The topological polar surface area (TPSA) is 52.6 Å². The van der Waals surface area contributed by atoms with Gasteiger partial charge in [0.05, 0.1) is 0 Å². The number of Topliss-reactive ketones (excluding diaryl/α,β-unsaturated/α-hetero) is 1. The van der Waals surface area contributed by atoms with Gasteiger partial charge >= 0.3 is 0 Å². The van der Waals surface area contributed by atoms with Crippen molar-refractivity contribution in [3.63, 3.8) is 0 Å². The highest BCUT2D eigenvalue weighted by molar-refractivity contribution is 6.02. The molecule has 0 aliphatic heterocycles. The summed E-state index contributed by atoms with van der Waals surface area (Å²) in [4.78, 5) is 25.6. The molecule has 0 radical (unpaired) electrons. The van der Waals surface area contributed by atoms with Gasteiger partial charge in [-0.05, 0) is 56.9 Å².